The zero-order valence-electron chi connectivity index (χ0n) is 12.1. The molecule has 2 aromatic rings. The lowest BCUT2D eigenvalue weighted by Gasteiger charge is -2.01. The zero-order valence-corrected chi connectivity index (χ0v) is 12.8. The third-order valence-electron chi connectivity index (χ3n) is 3.45. The van der Waals surface area contributed by atoms with Crippen molar-refractivity contribution in [2.24, 2.45) is 4.99 Å². The van der Waals surface area contributed by atoms with Crippen LogP contribution in [0.5, 0.6) is 11.5 Å². The van der Waals surface area contributed by atoms with E-state index < -0.39 is 11.8 Å². The molecule has 0 unspecified atom stereocenters. The predicted molar refractivity (Wildman–Crippen MR) is 84.6 cm³/mol. The Hall–Kier alpha value is -2.86. The molecule has 24 heavy (non-hydrogen) atoms. The average molecular weight is 346 g/mol. The minimum Gasteiger partial charge on any atom is -0.454 e. The maximum atomic E-state index is 13.3. The number of ether oxygens (including phenoxy) is 3. The number of cyclic esters (lactones) is 1. The third kappa shape index (κ3) is 2.61. The van der Waals surface area contributed by atoms with Gasteiger partial charge < -0.3 is 14.2 Å². The second-order valence-corrected chi connectivity index (χ2v) is 5.49. The lowest BCUT2D eigenvalue weighted by atomic mass is 10.1. The molecule has 0 spiro atoms. The van der Waals surface area contributed by atoms with E-state index in [2.05, 4.69) is 4.99 Å². The van der Waals surface area contributed by atoms with Gasteiger partial charge in [-0.1, -0.05) is 17.7 Å². The van der Waals surface area contributed by atoms with Crippen LogP contribution in [0.3, 0.4) is 0 Å². The number of aliphatic imine (C=N–C) groups is 1. The van der Waals surface area contributed by atoms with E-state index in [-0.39, 0.29) is 18.4 Å². The molecule has 5 nitrogen and oxygen atoms in total. The van der Waals surface area contributed by atoms with Crippen LogP contribution in [0.2, 0.25) is 5.02 Å². The Labute approximate surface area is 140 Å². The molecular formula is C17H9ClFNO4. The van der Waals surface area contributed by atoms with Gasteiger partial charge in [-0.05, 0) is 42.0 Å². The molecule has 2 aliphatic heterocycles. The summed E-state index contributed by atoms with van der Waals surface area (Å²) < 4.78 is 28.9. The van der Waals surface area contributed by atoms with Gasteiger partial charge in [0.1, 0.15) is 5.82 Å². The Kier molecular flexibility index (Phi) is 3.46. The van der Waals surface area contributed by atoms with Crippen LogP contribution in [0.25, 0.3) is 6.08 Å². The molecule has 2 aliphatic rings. The first-order valence-electron chi connectivity index (χ1n) is 6.98. The summed E-state index contributed by atoms with van der Waals surface area (Å²) >= 11 is 6.11. The zero-order chi connectivity index (χ0) is 16.7. The largest absolute Gasteiger partial charge is 0.454 e. The van der Waals surface area contributed by atoms with Gasteiger partial charge in [0.25, 0.3) is 0 Å². The normalized spacial score (nSPS) is 17.2. The highest BCUT2D eigenvalue weighted by molar-refractivity contribution is 6.32. The number of esters is 1. The van der Waals surface area contributed by atoms with Crippen LogP contribution >= 0.6 is 11.6 Å². The van der Waals surface area contributed by atoms with Crippen LogP contribution in [-0.4, -0.2) is 18.7 Å². The molecule has 0 bridgehead atoms. The van der Waals surface area contributed by atoms with Gasteiger partial charge in [0, 0.05) is 5.56 Å². The maximum Gasteiger partial charge on any atom is 0.363 e. The Balaban J connectivity index is 1.70. The summed E-state index contributed by atoms with van der Waals surface area (Å²) in [5.41, 5.74) is 1.08. The predicted octanol–water partition coefficient (Wildman–Crippen LogP) is 3.55. The molecule has 0 fully saturated rings. The van der Waals surface area contributed by atoms with Crippen molar-refractivity contribution >= 4 is 29.5 Å². The Morgan fingerprint density at radius 1 is 1.21 bits per heavy atom. The number of halogens is 2. The Bertz CT molecular complexity index is 923. The molecule has 0 radical (unpaired) electrons. The molecule has 0 N–H and O–H groups in total. The minimum atomic E-state index is -0.622. The van der Waals surface area contributed by atoms with Crippen molar-refractivity contribution in [1.29, 1.82) is 0 Å². The Morgan fingerprint density at radius 2 is 2.08 bits per heavy atom. The van der Waals surface area contributed by atoms with E-state index in [0.717, 1.165) is 0 Å². The van der Waals surface area contributed by atoms with Gasteiger partial charge in [-0.3, -0.25) is 0 Å². The van der Waals surface area contributed by atoms with E-state index in [1.807, 2.05) is 0 Å². The van der Waals surface area contributed by atoms with Gasteiger partial charge in [-0.15, -0.1) is 0 Å². The average Bonchev–Trinajstić information content (AvgIpc) is 3.15. The molecule has 0 saturated heterocycles. The van der Waals surface area contributed by atoms with Crippen LogP contribution in [-0.2, 0) is 9.53 Å². The van der Waals surface area contributed by atoms with Crippen molar-refractivity contribution in [1.82, 2.24) is 0 Å². The number of hydrogen-bond acceptors (Lipinski definition) is 5. The smallest absolute Gasteiger partial charge is 0.363 e. The van der Waals surface area contributed by atoms with Crippen molar-refractivity contribution in [2.45, 2.75) is 0 Å². The summed E-state index contributed by atoms with van der Waals surface area (Å²) in [4.78, 5) is 16.1. The molecule has 7 heteroatoms. The van der Waals surface area contributed by atoms with E-state index >= 15 is 0 Å². The highest BCUT2D eigenvalue weighted by Crippen LogP contribution is 2.40. The van der Waals surface area contributed by atoms with Crippen molar-refractivity contribution in [3.05, 3.63) is 64.1 Å². The fraction of sp³-hybridized carbons (Fsp3) is 0.0588. The summed E-state index contributed by atoms with van der Waals surface area (Å²) in [7, 11) is 0. The number of rotatable bonds is 2. The second kappa shape index (κ2) is 5.65. The molecule has 120 valence electrons. The highest BCUT2D eigenvalue weighted by Gasteiger charge is 2.25. The van der Waals surface area contributed by atoms with E-state index in [0.29, 0.717) is 27.6 Å². The highest BCUT2D eigenvalue weighted by atomic mass is 35.5. The lowest BCUT2D eigenvalue weighted by molar-refractivity contribution is -0.129. The molecule has 0 amide bonds. The summed E-state index contributed by atoms with van der Waals surface area (Å²) in [6.45, 7) is 0.0962. The van der Waals surface area contributed by atoms with E-state index in [4.69, 9.17) is 25.8 Å². The molecule has 0 aliphatic carbocycles. The number of nitrogens with zero attached hydrogens (tertiary/aromatic N) is 1. The summed E-state index contributed by atoms with van der Waals surface area (Å²) in [6.07, 6.45) is 1.52. The maximum absolute atomic E-state index is 13.3. The standard InChI is InChI=1S/C17H9ClFNO4/c18-12-4-9(6-14-15(12)23-8-22-14)5-13-17(21)24-16(20-13)10-2-1-3-11(19)7-10/h1-7H,8H2/b13-5-. The van der Waals surface area contributed by atoms with Crippen LogP contribution in [0.4, 0.5) is 4.39 Å². The van der Waals surface area contributed by atoms with Gasteiger partial charge in [-0.25, -0.2) is 14.2 Å². The third-order valence-corrected chi connectivity index (χ3v) is 3.73. The number of fused-ring (bicyclic) bond motifs is 1. The second-order valence-electron chi connectivity index (χ2n) is 5.08. The summed E-state index contributed by atoms with van der Waals surface area (Å²) in [6, 6.07) is 8.98. The van der Waals surface area contributed by atoms with Gasteiger partial charge >= 0.3 is 5.97 Å². The van der Waals surface area contributed by atoms with E-state index in [1.165, 1.54) is 24.3 Å². The Morgan fingerprint density at radius 3 is 2.92 bits per heavy atom. The van der Waals surface area contributed by atoms with Gasteiger partial charge in [0.15, 0.2) is 17.2 Å². The SMILES string of the molecule is O=C1OC(c2cccc(F)c2)=N/C1=C\c1cc(Cl)c2c(c1)OCO2. The first-order chi connectivity index (χ1) is 11.6. The van der Waals surface area contributed by atoms with Crippen molar-refractivity contribution in [2.75, 3.05) is 6.79 Å². The minimum absolute atomic E-state index is 0.0533. The first-order valence-corrected chi connectivity index (χ1v) is 7.35. The van der Waals surface area contributed by atoms with Crippen molar-refractivity contribution in [3.63, 3.8) is 0 Å². The van der Waals surface area contributed by atoms with Gasteiger partial charge in [-0.2, -0.15) is 0 Å². The number of hydrogen-bond donors (Lipinski definition) is 0. The molecular weight excluding hydrogens is 337 g/mol. The number of benzene rings is 2. The van der Waals surface area contributed by atoms with Gasteiger partial charge in [0.2, 0.25) is 12.7 Å². The molecule has 4 rings (SSSR count). The van der Waals surface area contributed by atoms with Crippen LogP contribution < -0.4 is 9.47 Å². The molecule has 2 aromatic carbocycles. The monoisotopic (exact) mass is 345 g/mol. The number of carbonyl (C=O) groups excluding carboxylic acids is 1. The van der Waals surface area contributed by atoms with Gasteiger partial charge in [0.05, 0.1) is 5.02 Å². The van der Waals surface area contributed by atoms with Crippen molar-refractivity contribution < 1.29 is 23.4 Å². The van der Waals surface area contributed by atoms with E-state index in [1.54, 1.807) is 18.2 Å². The fourth-order valence-corrected chi connectivity index (χ4v) is 2.66. The lowest BCUT2D eigenvalue weighted by Crippen LogP contribution is -2.05. The van der Waals surface area contributed by atoms with Crippen molar-refractivity contribution in [3.8, 4) is 11.5 Å². The topological polar surface area (TPSA) is 57.1 Å². The fourth-order valence-electron chi connectivity index (χ4n) is 2.38. The number of carbonyl (C=O) groups is 1. The van der Waals surface area contributed by atoms with E-state index in [9.17, 15) is 9.18 Å². The molecule has 0 atom stereocenters. The quantitative estimate of drug-likeness (QED) is 0.617. The molecule has 2 heterocycles. The summed E-state index contributed by atoms with van der Waals surface area (Å²) in [5.74, 6) is -0.0429. The summed E-state index contributed by atoms with van der Waals surface area (Å²) in [5, 5.41) is 0.373. The first kappa shape index (κ1) is 14.7. The van der Waals surface area contributed by atoms with Crippen LogP contribution in [0, 0.1) is 5.82 Å². The molecule has 0 saturated carbocycles. The van der Waals surface area contributed by atoms with Crippen LogP contribution in [0.1, 0.15) is 11.1 Å². The molecule has 0 aromatic heterocycles. The van der Waals surface area contributed by atoms with Crippen LogP contribution in [0.15, 0.2) is 47.1 Å².